The van der Waals surface area contributed by atoms with E-state index in [-0.39, 0.29) is 30.8 Å². The molecule has 1 aromatic carbocycles. The Morgan fingerprint density at radius 3 is 2.65 bits per heavy atom. The molecule has 3 heterocycles. The van der Waals surface area contributed by atoms with Crippen molar-refractivity contribution in [2.75, 3.05) is 13.2 Å². The molecule has 1 saturated carbocycles. The van der Waals surface area contributed by atoms with Crippen LogP contribution in [0.5, 0.6) is 0 Å². The quantitative estimate of drug-likeness (QED) is 0.556. The number of hydrogen-bond acceptors (Lipinski definition) is 6. The van der Waals surface area contributed by atoms with E-state index in [1.165, 1.54) is 30.6 Å². The normalized spacial score (nSPS) is 24.6. The fourth-order valence-electron chi connectivity index (χ4n) is 5.75. The van der Waals surface area contributed by atoms with Crippen molar-refractivity contribution in [3.63, 3.8) is 0 Å². The van der Waals surface area contributed by atoms with Crippen molar-refractivity contribution in [3.8, 4) is 11.3 Å². The first-order valence-corrected chi connectivity index (χ1v) is 14.1. The number of nitrogens with one attached hydrogen (secondary N) is 1. The van der Waals surface area contributed by atoms with Crippen LogP contribution < -0.4 is 5.32 Å². The first-order chi connectivity index (χ1) is 17.8. The third-order valence-corrected chi connectivity index (χ3v) is 8.52. The summed E-state index contributed by atoms with van der Waals surface area (Å²) in [6.45, 7) is 3.51. The zero-order valence-corrected chi connectivity index (χ0v) is 22.1. The van der Waals surface area contributed by atoms with Crippen LogP contribution in [0.15, 0.2) is 29.6 Å². The second-order valence-corrected chi connectivity index (χ2v) is 11.9. The van der Waals surface area contributed by atoms with Crippen LogP contribution in [0.2, 0.25) is 0 Å². The van der Waals surface area contributed by atoms with Gasteiger partial charge >= 0.3 is 0 Å². The Morgan fingerprint density at radius 1 is 1.22 bits per heavy atom. The predicted octanol–water partition coefficient (Wildman–Crippen LogP) is 4.20. The molecule has 1 N–H and O–H groups in total. The molecule has 4 atom stereocenters. The van der Waals surface area contributed by atoms with E-state index < -0.39 is 30.3 Å². The smallest absolute Gasteiger partial charge is 0.251 e. The summed E-state index contributed by atoms with van der Waals surface area (Å²) in [5.41, 5.74) is 2.28. The molecule has 37 heavy (non-hydrogen) atoms. The summed E-state index contributed by atoms with van der Waals surface area (Å²) in [4.78, 5) is 44.8. The number of fused-ring (bicyclic) bond motifs is 1. The number of ether oxygens (including phenoxy) is 1. The van der Waals surface area contributed by atoms with Gasteiger partial charge in [-0.2, -0.15) is 0 Å². The highest BCUT2D eigenvalue weighted by Gasteiger charge is 2.53. The first-order valence-electron chi connectivity index (χ1n) is 13.2. The molecule has 1 aliphatic carbocycles. The maximum atomic E-state index is 14.4. The lowest BCUT2D eigenvalue weighted by molar-refractivity contribution is -0.138. The molecule has 5 rings (SSSR count). The summed E-state index contributed by atoms with van der Waals surface area (Å²) < 4.78 is 19.7. The zero-order valence-electron chi connectivity index (χ0n) is 21.3. The molecule has 3 fully saturated rings. The van der Waals surface area contributed by atoms with Gasteiger partial charge < -0.3 is 15.0 Å². The van der Waals surface area contributed by atoms with Crippen LogP contribution in [0.25, 0.3) is 11.3 Å². The van der Waals surface area contributed by atoms with Crippen molar-refractivity contribution in [3.05, 3.63) is 40.2 Å². The van der Waals surface area contributed by atoms with Crippen molar-refractivity contribution in [2.24, 2.45) is 11.8 Å². The van der Waals surface area contributed by atoms with Gasteiger partial charge in [0.2, 0.25) is 5.91 Å². The van der Waals surface area contributed by atoms with Crippen molar-refractivity contribution in [1.29, 1.82) is 0 Å². The molecule has 9 heteroatoms. The number of carbonyl (C=O) groups is 3. The molecule has 2 amide bonds. The standard InChI is InChI=1S/C28H34FN3O4S/c1-16(2)11-21(28(35)32-13-20(29)26-25(32)23(33)14-36-26)31-27(34)19-9-7-18(8-10-19)22-15-37-24(30-22)12-17-5-3-4-6-17/h7-10,15-17,20-21,25-26H,3-6,11-14H2,1-2H3,(H,31,34)/t20-,21-,25+,26+/m0/s1. The monoisotopic (exact) mass is 527 g/mol. The summed E-state index contributed by atoms with van der Waals surface area (Å²) in [5, 5.41) is 6.05. The first kappa shape index (κ1) is 26.0. The molecule has 2 aliphatic heterocycles. The number of carbonyl (C=O) groups excluding carboxylic acids is 3. The Bertz CT molecular complexity index is 1140. The number of ketones is 1. The molecule has 1 aromatic heterocycles. The van der Waals surface area contributed by atoms with Crippen molar-refractivity contribution < 1.29 is 23.5 Å². The lowest BCUT2D eigenvalue weighted by Gasteiger charge is -2.28. The fraction of sp³-hybridized carbons (Fsp3) is 0.571. The predicted molar refractivity (Wildman–Crippen MR) is 139 cm³/mol. The Balaban J connectivity index is 1.25. The highest BCUT2D eigenvalue weighted by atomic mass is 32.1. The minimum atomic E-state index is -1.41. The minimum Gasteiger partial charge on any atom is -0.365 e. The number of aromatic nitrogens is 1. The lowest BCUT2D eigenvalue weighted by Crippen LogP contribution is -2.52. The van der Waals surface area contributed by atoms with Gasteiger partial charge in [-0.05, 0) is 30.4 Å². The van der Waals surface area contributed by atoms with Crippen LogP contribution in [0.4, 0.5) is 4.39 Å². The van der Waals surface area contributed by atoms with E-state index in [1.54, 1.807) is 23.5 Å². The molecular formula is C28H34FN3O4S. The molecule has 2 aromatic rings. The zero-order chi connectivity index (χ0) is 26.1. The van der Waals surface area contributed by atoms with Crippen LogP contribution >= 0.6 is 11.3 Å². The fourth-order valence-corrected chi connectivity index (χ4v) is 6.67. The van der Waals surface area contributed by atoms with Gasteiger partial charge in [0, 0.05) is 22.9 Å². The van der Waals surface area contributed by atoms with Crippen LogP contribution in [0.3, 0.4) is 0 Å². The second-order valence-electron chi connectivity index (χ2n) is 10.9. The highest BCUT2D eigenvalue weighted by molar-refractivity contribution is 7.09. The van der Waals surface area contributed by atoms with E-state index >= 15 is 0 Å². The number of hydrogen-bond donors (Lipinski definition) is 1. The van der Waals surface area contributed by atoms with Gasteiger partial charge in [0.05, 0.1) is 17.2 Å². The van der Waals surface area contributed by atoms with Crippen LogP contribution in [0, 0.1) is 11.8 Å². The molecule has 2 saturated heterocycles. The SMILES string of the molecule is CC(C)C[C@H](NC(=O)c1ccc(-c2csc(CC3CCCC3)n2)cc1)C(=O)N1C[C@H](F)[C@H]2OCC(=O)[C@H]21. The van der Waals surface area contributed by atoms with Gasteiger partial charge in [0.1, 0.15) is 31.0 Å². The van der Waals surface area contributed by atoms with Crippen LogP contribution in [-0.4, -0.2) is 65.0 Å². The highest BCUT2D eigenvalue weighted by Crippen LogP contribution is 2.32. The Morgan fingerprint density at radius 2 is 1.95 bits per heavy atom. The average Bonchev–Trinajstić information content (AvgIpc) is 3.67. The number of likely N-dealkylation sites (tertiary alicyclic amines) is 1. The molecule has 0 bridgehead atoms. The molecule has 198 valence electrons. The third kappa shape index (κ3) is 5.62. The lowest BCUT2D eigenvalue weighted by atomic mass is 10.0. The molecule has 7 nitrogen and oxygen atoms in total. The second kappa shape index (κ2) is 11.0. The van der Waals surface area contributed by atoms with Crippen LogP contribution in [0.1, 0.15) is 61.3 Å². The number of halogens is 1. The minimum absolute atomic E-state index is 0.106. The third-order valence-electron chi connectivity index (χ3n) is 7.65. The van der Waals surface area contributed by atoms with Crippen molar-refractivity contribution >= 4 is 28.9 Å². The number of rotatable bonds is 8. The number of benzene rings is 1. The molecule has 0 unspecified atom stereocenters. The molecule has 3 aliphatic rings. The summed E-state index contributed by atoms with van der Waals surface area (Å²) in [6.07, 6.45) is 4.31. The van der Waals surface area contributed by atoms with Crippen molar-refractivity contribution in [2.45, 2.75) is 76.7 Å². The Hall–Kier alpha value is -2.65. The largest absolute Gasteiger partial charge is 0.365 e. The van der Waals surface area contributed by atoms with E-state index in [4.69, 9.17) is 9.72 Å². The van der Waals surface area contributed by atoms with E-state index in [9.17, 15) is 18.8 Å². The summed E-state index contributed by atoms with van der Waals surface area (Å²) in [5.74, 6) is -0.266. The van der Waals surface area contributed by atoms with E-state index in [1.807, 2.05) is 26.0 Å². The summed E-state index contributed by atoms with van der Waals surface area (Å²) >= 11 is 1.69. The van der Waals surface area contributed by atoms with Gasteiger partial charge in [-0.1, -0.05) is 51.7 Å². The summed E-state index contributed by atoms with van der Waals surface area (Å²) in [7, 11) is 0. The summed E-state index contributed by atoms with van der Waals surface area (Å²) in [6, 6.07) is 5.43. The van der Waals surface area contributed by atoms with Gasteiger partial charge in [-0.25, -0.2) is 9.37 Å². The van der Waals surface area contributed by atoms with Gasteiger partial charge in [-0.15, -0.1) is 11.3 Å². The number of alkyl halides is 1. The Labute approximate surface area is 220 Å². The van der Waals surface area contributed by atoms with Crippen LogP contribution in [-0.2, 0) is 20.7 Å². The maximum Gasteiger partial charge on any atom is 0.251 e. The maximum absolute atomic E-state index is 14.4. The van der Waals surface area contributed by atoms with Crippen molar-refractivity contribution in [1.82, 2.24) is 15.2 Å². The van der Waals surface area contributed by atoms with E-state index in [2.05, 4.69) is 10.7 Å². The number of amides is 2. The van der Waals surface area contributed by atoms with Gasteiger partial charge in [0.15, 0.2) is 5.78 Å². The topological polar surface area (TPSA) is 88.6 Å². The van der Waals surface area contributed by atoms with Gasteiger partial charge in [0.25, 0.3) is 5.91 Å². The number of thiazole rings is 1. The Kier molecular flexibility index (Phi) is 7.72. The average molecular weight is 528 g/mol. The molecule has 0 radical (unpaired) electrons. The number of nitrogens with zero attached hydrogens (tertiary/aromatic N) is 2. The van der Waals surface area contributed by atoms with E-state index in [0.29, 0.717) is 12.0 Å². The molecular weight excluding hydrogens is 493 g/mol. The molecule has 0 spiro atoms. The van der Waals surface area contributed by atoms with E-state index in [0.717, 1.165) is 28.6 Å². The number of Topliss-reactive ketones (excluding diaryl/α,β-unsaturated/α-hetero) is 1. The van der Waals surface area contributed by atoms with Gasteiger partial charge in [-0.3, -0.25) is 14.4 Å².